The van der Waals surface area contributed by atoms with E-state index in [9.17, 15) is 10.1 Å². The first-order chi connectivity index (χ1) is 9.17. The van der Waals surface area contributed by atoms with Crippen molar-refractivity contribution >= 4 is 11.4 Å². The van der Waals surface area contributed by atoms with Gasteiger partial charge in [0, 0.05) is 6.04 Å². The highest BCUT2D eigenvalue weighted by molar-refractivity contribution is 5.69. The van der Waals surface area contributed by atoms with E-state index in [-0.39, 0.29) is 10.6 Å². The van der Waals surface area contributed by atoms with Crippen molar-refractivity contribution in [1.29, 1.82) is 0 Å². The van der Waals surface area contributed by atoms with Gasteiger partial charge in [-0.1, -0.05) is 19.4 Å². The molecule has 1 aromatic carbocycles. The van der Waals surface area contributed by atoms with Gasteiger partial charge in [-0.15, -0.1) is 0 Å². The Morgan fingerprint density at radius 2 is 2.26 bits per heavy atom. The SMILES string of the molecule is CCCC1CC1Nc1cccc(OCC)c1[N+](=O)[O-]. The average Bonchev–Trinajstić information content (AvgIpc) is 3.08. The molecule has 5 heteroatoms. The molecule has 0 aromatic heterocycles. The molecule has 1 aliphatic carbocycles. The Labute approximate surface area is 113 Å². The minimum absolute atomic E-state index is 0.0477. The van der Waals surface area contributed by atoms with Gasteiger partial charge in [-0.05, 0) is 37.8 Å². The maximum absolute atomic E-state index is 11.2. The lowest BCUT2D eigenvalue weighted by Gasteiger charge is -2.10. The number of rotatable bonds is 7. The molecule has 0 bridgehead atoms. The van der Waals surface area contributed by atoms with Crippen LogP contribution in [0.15, 0.2) is 18.2 Å². The Bertz CT molecular complexity index is 462. The molecule has 0 spiro atoms. The Balaban J connectivity index is 2.15. The van der Waals surface area contributed by atoms with Gasteiger partial charge in [-0.2, -0.15) is 0 Å². The molecular formula is C14H20N2O3. The Morgan fingerprint density at radius 1 is 1.47 bits per heavy atom. The number of para-hydroxylation sites is 1. The van der Waals surface area contributed by atoms with Crippen LogP contribution in [0.25, 0.3) is 0 Å². The topological polar surface area (TPSA) is 64.4 Å². The van der Waals surface area contributed by atoms with Crippen LogP contribution in [-0.4, -0.2) is 17.6 Å². The van der Waals surface area contributed by atoms with Crippen LogP contribution in [0.2, 0.25) is 0 Å². The molecule has 0 aliphatic heterocycles. The van der Waals surface area contributed by atoms with Crippen LogP contribution in [-0.2, 0) is 0 Å². The molecule has 2 unspecified atom stereocenters. The highest BCUT2D eigenvalue weighted by Crippen LogP contribution is 2.41. The van der Waals surface area contributed by atoms with E-state index >= 15 is 0 Å². The zero-order valence-electron chi connectivity index (χ0n) is 11.4. The number of nitrogens with one attached hydrogen (secondary N) is 1. The van der Waals surface area contributed by atoms with Crippen molar-refractivity contribution < 1.29 is 9.66 Å². The third kappa shape index (κ3) is 3.16. The highest BCUT2D eigenvalue weighted by atomic mass is 16.6. The number of nitrogens with zero attached hydrogens (tertiary/aromatic N) is 1. The van der Waals surface area contributed by atoms with Crippen molar-refractivity contribution in [2.24, 2.45) is 5.92 Å². The predicted octanol–water partition coefficient (Wildman–Crippen LogP) is 3.59. The molecule has 0 amide bonds. The van der Waals surface area contributed by atoms with Crippen molar-refractivity contribution in [2.75, 3.05) is 11.9 Å². The maximum atomic E-state index is 11.2. The van der Waals surface area contributed by atoms with Crippen molar-refractivity contribution in [1.82, 2.24) is 0 Å². The minimum atomic E-state index is -0.371. The molecule has 2 atom stereocenters. The molecular weight excluding hydrogens is 244 g/mol. The molecule has 19 heavy (non-hydrogen) atoms. The molecule has 1 aliphatic rings. The first-order valence-corrected chi connectivity index (χ1v) is 6.84. The second-order valence-electron chi connectivity index (χ2n) is 4.88. The lowest BCUT2D eigenvalue weighted by Crippen LogP contribution is -2.08. The summed E-state index contributed by atoms with van der Waals surface area (Å²) < 4.78 is 5.33. The standard InChI is InChI=1S/C14H20N2O3/c1-3-6-10-9-12(10)15-11-7-5-8-13(19-4-2)14(11)16(17)18/h5,7-8,10,12,15H,3-4,6,9H2,1-2H3. The van der Waals surface area contributed by atoms with E-state index in [2.05, 4.69) is 12.2 Å². The summed E-state index contributed by atoms with van der Waals surface area (Å²) in [6.07, 6.45) is 3.43. The molecule has 0 heterocycles. The molecule has 1 fully saturated rings. The van der Waals surface area contributed by atoms with Crippen molar-refractivity contribution in [3.05, 3.63) is 28.3 Å². The number of nitro benzene ring substituents is 1. The molecule has 5 nitrogen and oxygen atoms in total. The van der Waals surface area contributed by atoms with Gasteiger partial charge < -0.3 is 10.1 Å². The van der Waals surface area contributed by atoms with E-state index in [0.29, 0.717) is 30.0 Å². The second-order valence-corrected chi connectivity index (χ2v) is 4.88. The van der Waals surface area contributed by atoms with E-state index < -0.39 is 0 Å². The lowest BCUT2D eigenvalue weighted by molar-refractivity contribution is -0.384. The Morgan fingerprint density at radius 3 is 2.89 bits per heavy atom. The van der Waals surface area contributed by atoms with Gasteiger partial charge in [-0.25, -0.2) is 0 Å². The monoisotopic (exact) mass is 264 g/mol. The second kappa shape index (κ2) is 5.91. The summed E-state index contributed by atoms with van der Waals surface area (Å²) in [5.74, 6) is 0.991. The predicted molar refractivity (Wildman–Crippen MR) is 74.7 cm³/mol. The normalized spacial score (nSPS) is 20.9. The summed E-state index contributed by atoms with van der Waals surface area (Å²) in [7, 11) is 0. The van der Waals surface area contributed by atoms with Gasteiger partial charge in [0.15, 0.2) is 5.75 Å². The van der Waals surface area contributed by atoms with Gasteiger partial charge in [-0.3, -0.25) is 10.1 Å². The maximum Gasteiger partial charge on any atom is 0.333 e. The van der Waals surface area contributed by atoms with E-state index in [4.69, 9.17) is 4.74 Å². The van der Waals surface area contributed by atoms with Crippen molar-refractivity contribution in [3.8, 4) is 5.75 Å². The van der Waals surface area contributed by atoms with Crippen LogP contribution in [0.5, 0.6) is 5.75 Å². The van der Waals surface area contributed by atoms with E-state index in [0.717, 1.165) is 12.8 Å². The van der Waals surface area contributed by atoms with Gasteiger partial charge in [0.25, 0.3) is 0 Å². The summed E-state index contributed by atoms with van der Waals surface area (Å²) in [6, 6.07) is 5.55. The van der Waals surface area contributed by atoms with Crippen LogP contribution in [0.3, 0.4) is 0 Å². The van der Waals surface area contributed by atoms with Crippen molar-refractivity contribution in [2.45, 2.75) is 39.2 Å². The fourth-order valence-corrected chi connectivity index (χ4v) is 2.41. The molecule has 1 N–H and O–H groups in total. The molecule has 1 saturated carbocycles. The number of hydrogen-bond acceptors (Lipinski definition) is 4. The van der Waals surface area contributed by atoms with Crippen LogP contribution in [0, 0.1) is 16.0 Å². The van der Waals surface area contributed by atoms with Crippen LogP contribution in [0.4, 0.5) is 11.4 Å². The molecule has 0 saturated heterocycles. The van der Waals surface area contributed by atoms with Crippen LogP contribution >= 0.6 is 0 Å². The molecule has 2 rings (SSSR count). The zero-order chi connectivity index (χ0) is 13.8. The largest absolute Gasteiger partial charge is 0.487 e. The van der Waals surface area contributed by atoms with Crippen LogP contribution in [0.1, 0.15) is 33.1 Å². The number of benzene rings is 1. The number of nitro groups is 1. The van der Waals surface area contributed by atoms with Gasteiger partial charge in [0.05, 0.1) is 11.5 Å². The first kappa shape index (κ1) is 13.6. The summed E-state index contributed by atoms with van der Waals surface area (Å²) in [6.45, 7) is 4.40. The van der Waals surface area contributed by atoms with E-state index in [1.165, 1.54) is 6.42 Å². The number of ether oxygens (including phenoxy) is 1. The lowest BCUT2D eigenvalue weighted by atomic mass is 10.2. The summed E-state index contributed by atoms with van der Waals surface area (Å²) in [5.41, 5.74) is 0.617. The summed E-state index contributed by atoms with van der Waals surface area (Å²) >= 11 is 0. The molecule has 0 radical (unpaired) electrons. The quantitative estimate of drug-likeness (QED) is 0.603. The number of anilines is 1. The fraction of sp³-hybridized carbons (Fsp3) is 0.571. The first-order valence-electron chi connectivity index (χ1n) is 6.84. The fourth-order valence-electron chi connectivity index (χ4n) is 2.41. The Hall–Kier alpha value is -1.78. The molecule has 1 aromatic rings. The smallest absolute Gasteiger partial charge is 0.333 e. The Kier molecular flexibility index (Phi) is 4.24. The zero-order valence-corrected chi connectivity index (χ0v) is 11.4. The minimum Gasteiger partial charge on any atom is -0.487 e. The molecule has 104 valence electrons. The average molecular weight is 264 g/mol. The van der Waals surface area contributed by atoms with E-state index in [1.54, 1.807) is 18.2 Å². The third-order valence-corrected chi connectivity index (χ3v) is 3.40. The van der Waals surface area contributed by atoms with Crippen LogP contribution < -0.4 is 10.1 Å². The van der Waals surface area contributed by atoms with Gasteiger partial charge in [0.2, 0.25) is 0 Å². The van der Waals surface area contributed by atoms with Gasteiger partial charge >= 0.3 is 5.69 Å². The van der Waals surface area contributed by atoms with E-state index in [1.807, 2.05) is 6.92 Å². The van der Waals surface area contributed by atoms with Crippen molar-refractivity contribution in [3.63, 3.8) is 0 Å². The summed E-state index contributed by atoms with van der Waals surface area (Å²) in [4.78, 5) is 10.8. The third-order valence-electron chi connectivity index (χ3n) is 3.40. The highest BCUT2D eigenvalue weighted by Gasteiger charge is 2.37. The number of hydrogen-bond donors (Lipinski definition) is 1. The summed E-state index contributed by atoms with van der Waals surface area (Å²) in [5, 5.41) is 14.5. The van der Waals surface area contributed by atoms with Gasteiger partial charge in [0.1, 0.15) is 5.69 Å².